The van der Waals surface area contributed by atoms with Gasteiger partial charge in [0.25, 0.3) is 0 Å². The van der Waals surface area contributed by atoms with Crippen LogP contribution in [0.5, 0.6) is 11.5 Å². The number of aliphatic hydroxyl groups is 1. The molecule has 202 valence electrons. The van der Waals surface area contributed by atoms with Gasteiger partial charge in [-0.2, -0.15) is 20.6 Å². The Hall–Kier alpha value is -4.23. The molecule has 1 aromatic carbocycles. The van der Waals surface area contributed by atoms with Gasteiger partial charge in [-0.05, 0) is 58.7 Å². The van der Waals surface area contributed by atoms with Crippen LogP contribution in [-0.2, 0) is 0 Å². The van der Waals surface area contributed by atoms with Gasteiger partial charge in [-0.15, -0.1) is 0 Å². The fourth-order valence-electron chi connectivity index (χ4n) is 5.42. The second-order valence-electron chi connectivity index (χ2n) is 10.7. The fraction of sp³-hybridized carbons (Fsp3) is 0.414. The molecule has 0 radical (unpaired) electrons. The summed E-state index contributed by atoms with van der Waals surface area (Å²) in [6.07, 6.45) is 4.03. The van der Waals surface area contributed by atoms with E-state index < -0.39 is 5.60 Å². The van der Waals surface area contributed by atoms with Crippen molar-refractivity contribution in [3.63, 3.8) is 0 Å². The lowest BCUT2D eigenvalue weighted by Gasteiger charge is -2.26. The first-order valence-electron chi connectivity index (χ1n) is 13.0. The normalized spacial score (nSPS) is 16.4. The lowest BCUT2D eigenvalue weighted by Crippen LogP contribution is -2.33. The van der Waals surface area contributed by atoms with Gasteiger partial charge < -0.3 is 19.5 Å². The topological polar surface area (TPSA) is 133 Å². The Morgan fingerprint density at radius 1 is 1.21 bits per heavy atom. The fourth-order valence-corrected chi connectivity index (χ4v) is 5.42. The van der Waals surface area contributed by atoms with Gasteiger partial charge in [-0.3, -0.25) is 5.10 Å². The Morgan fingerprint density at radius 2 is 2.00 bits per heavy atom. The number of nitrogens with one attached hydrogen (secondary N) is 1. The minimum absolute atomic E-state index is 0.118. The number of aromatic amines is 1. The first-order chi connectivity index (χ1) is 18.6. The second-order valence-corrected chi connectivity index (χ2v) is 10.7. The van der Waals surface area contributed by atoms with Crippen LogP contribution in [0, 0.1) is 31.1 Å². The number of pyridine rings is 1. The van der Waals surface area contributed by atoms with Crippen LogP contribution in [0.1, 0.15) is 55.7 Å². The maximum absolute atomic E-state index is 10.4. The van der Waals surface area contributed by atoms with Gasteiger partial charge in [-0.1, -0.05) is 0 Å². The van der Waals surface area contributed by atoms with Gasteiger partial charge in [0.05, 0.1) is 35.7 Å². The zero-order valence-electron chi connectivity index (χ0n) is 23.1. The van der Waals surface area contributed by atoms with Gasteiger partial charge >= 0.3 is 0 Å². The predicted molar refractivity (Wildman–Crippen MR) is 148 cm³/mol. The number of fused-ring (bicyclic) bond motifs is 1. The Balaban J connectivity index is 1.49. The van der Waals surface area contributed by atoms with Crippen LogP contribution < -0.4 is 14.4 Å². The molecular formula is C29H33N7O3. The maximum Gasteiger partial charge on any atom is 0.162 e. The quantitative estimate of drug-likeness (QED) is 0.352. The molecule has 2 N–H and O–H groups in total. The molecular weight excluding hydrogens is 494 g/mol. The monoisotopic (exact) mass is 527 g/mol. The lowest BCUT2D eigenvalue weighted by atomic mass is 9.90. The van der Waals surface area contributed by atoms with Gasteiger partial charge in [0.15, 0.2) is 11.5 Å². The van der Waals surface area contributed by atoms with Crippen LogP contribution in [0.4, 0.5) is 5.82 Å². The number of hydrogen-bond donors (Lipinski definition) is 2. The van der Waals surface area contributed by atoms with Crippen molar-refractivity contribution in [1.29, 1.82) is 5.26 Å². The highest BCUT2D eigenvalue weighted by molar-refractivity contribution is 5.95. The number of ether oxygens (including phenoxy) is 2. The lowest BCUT2D eigenvalue weighted by molar-refractivity contribution is 0.0263. The molecule has 0 aliphatic carbocycles. The highest BCUT2D eigenvalue weighted by Gasteiger charge is 2.35. The van der Waals surface area contributed by atoms with Gasteiger partial charge in [0.1, 0.15) is 23.7 Å². The number of H-pyrrole nitrogens is 1. The van der Waals surface area contributed by atoms with E-state index >= 15 is 0 Å². The summed E-state index contributed by atoms with van der Waals surface area (Å²) in [7, 11) is 1.60. The van der Waals surface area contributed by atoms with Crippen molar-refractivity contribution >= 4 is 16.7 Å². The minimum Gasteiger partial charge on any atom is -0.493 e. The number of rotatable bonds is 7. The molecule has 4 aromatic rings. The van der Waals surface area contributed by atoms with Crippen molar-refractivity contribution in [3.8, 4) is 28.8 Å². The van der Waals surface area contributed by atoms with Crippen LogP contribution in [0.2, 0.25) is 0 Å². The maximum atomic E-state index is 10.4. The second kappa shape index (κ2) is 10.2. The Morgan fingerprint density at radius 3 is 2.67 bits per heavy atom. The number of methoxy groups -OCH3 is 1. The third kappa shape index (κ3) is 4.98. The molecule has 1 aliphatic rings. The molecule has 10 heteroatoms. The van der Waals surface area contributed by atoms with Gasteiger partial charge in [0.2, 0.25) is 0 Å². The summed E-state index contributed by atoms with van der Waals surface area (Å²) in [4.78, 5) is 6.75. The third-order valence-electron chi connectivity index (χ3n) is 7.58. The number of hydrogen-bond acceptors (Lipinski definition) is 9. The third-order valence-corrected chi connectivity index (χ3v) is 7.58. The zero-order chi connectivity index (χ0) is 27.9. The van der Waals surface area contributed by atoms with Gasteiger partial charge in [0, 0.05) is 47.8 Å². The number of nitrogens with zero attached hydrogens (tertiary/aromatic N) is 6. The average Bonchev–Trinajstić information content (AvgIpc) is 3.55. The molecule has 2 atom stereocenters. The Bertz CT molecular complexity index is 1550. The number of benzene rings is 1. The molecule has 3 aromatic heterocycles. The van der Waals surface area contributed by atoms with Crippen molar-refractivity contribution in [2.24, 2.45) is 5.92 Å². The highest BCUT2D eigenvalue weighted by Crippen LogP contribution is 2.39. The molecule has 0 unspecified atom stereocenters. The van der Waals surface area contributed by atoms with E-state index in [4.69, 9.17) is 9.47 Å². The summed E-state index contributed by atoms with van der Waals surface area (Å²) < 4.78 is 12.0. The molecule has 1 aliphatic heterocycles. The van der Waals surface area contributed by atoms with Crippen molar-refractivity contribution in [2.45, 2.75) is 52.7 Å². The summed E-state index contributed by atoms with van der Waals surface area (Å²) in [5.41, 5.74) is 4.63. The first kappa shape index (κ1) is 26.4. The summed E-state index contributed by atoms with van der Waals surface area (Å²) >= 11 is 0. The van der Waals surface area contributed by atoms with Gasteiger partial charge in [-0.25, -0.2) is 4.98 Å². The van der Waals surface area contributed by atoms with Crippen LogP contribution in [0.15, 0.2) is 30.6 Å². The van der Waals surface area contributed by atoms with E-state index in [-0.39, 0.29) is 12.0 Å². The average molecular weight is 528 g/mol. The summed E-state index contributed by atoms with van der Waals surface area (Å²) in [5, 5.41) is 37.0. The molecule has 0 amide bonds. The van der Waals surface area contributed by atoms with Crippen LogP contribution in [0.25, 0.3) is 22.2 Å². The number of aryl methyl sites for hydroxylation is 2. The van der Waals surface area contributed by atoms with Crippen molar-refractivity contribution in [1.82, 2.24) is 25.4 Å². The van der Waals surface area contributed by atoms with Crippen LogP contribution >= 0.6 is 0 Å². The number of anilines is 1. The Labute approximate surface area is 227 Å². The predicted octanol–water partition coefficient (Wildman–Crippen LogP) is 4.65. The highest BCUT2D eigenvalue weighted by atomic mass is 16.5. The van der Waals surface area contributed by atoms with E-state index in [0.717, 1.165) is 40.7 Å². The minimum atomic E-state index is -0.779. The summed E-state index contributed by atoms with van der Waals surface area (Å²) in [6.45, 7) is 10.9. The first-order valence-corrected chi connectivity index (χ1v) is 13.0. The molecule has 0 bridgehead atoms. The SMILES string of the molecule is COc1cc2[nH]nc(-c3cnc(N4CC[C@H](C(C)(C)O)C4)c(C#N)c3)c2cc1O[C@H](C)c1c(C)cnnc1C. The zero-order valence-corrected chi connectivity index (χ0v) is 23.1. The van der Waals surface area contributed by atoms with E-state index in [1.165, 1.54) is 0 Å². The van der Waals surface area contributed by atoms with E-state index in [0.29, 0.717) is 40.7 Å². The van der Waals surface area contributed by atoms with Crippen molar-refractivity contribution < 1.29 is 14.6 Å². The molecule has 39 heavy (non-hydrogen) atoms. The molecule has 4 heterocycles. The van der Waals surface area contributed by atoms with Crippen molar-refractivity contribution in [2.75, 3.05) is 25.1 Å². The summed E-state index contributed by atoms with van der Waals surface area (Å²) in [6, 6.07) is 7.87. The Kier molecular flexibility index (Phi) is 6.87. The van der Waals surface area contributed by atoms with Crippen LogP contribution in [-0.4, -0.2) is 56.3 Å². The molecule has 0 spiro atoms. The molecule has 0 saturated carbocycles. The molecule has 5 rings (SSSR count). The largest absolute Gasteiger partial charge is 0.493 e. The van der Waals surface area contributed by atoms with Crippen molar-refractivity contribution in [3.05, 3.63) is 53.0 Å². The van der Waals surface area contributed by atoms with Crippen LogP contribution in [0.3, 0.4) is 0 Å². The smallest absolute Gasteiger partial charge is 0.162 e. The van der Waals surface area contributed by atoms with E-state index in [1.54, 1.807) is 19.5 Å². The number of nitriles is 1. The molecule has 1 saturated heterocycles. The number of aromatic nitrogens is 5. The van der Waals surface area contributed by atoms with E-state index in [9.17, 15) is 10.4 Å². The summed E-state index contributed by atoms with van der Waals surface area (Å²) in [5.74, 6) is 1.88. The van der Waals surface area contributed by atoms with E-state index in [1.807, 2.05) is 52.8 Å². The molecule has 10 nitrogen and oxygen atoms in total. The molecule has 1 fully saturated rings. The van der Waals surface area contributed by atoms with E-state index in [2.05, 4.69) is 36.3 Å². The standard InChI is InChI=1S/C29H33N7O3/c1-16-13-32-33-17(2)26(16)18(3)39-25-10-22-23(11-24(25)38-6)34-35-27(22)20-9-19(12-30)28(31-14-20)36-8-7-21(15-36)29(4,5)37/h9-11,13-14,18,21,37H,7-8,15H2,1-6H3,(H,34,35)/t18-,21+/m1/s1.